The monoisotopic (exact) mass is 271 g/mol. The summed E-state index contributed by atoms with van der Waals surface area (Å²) in [5.74, 6) is -0.365. The third kappa shape index (κ3) is 2.39. The van der Waals surface area contributed by atoms with Gasteiger partial charge in [-0.05, 0) is 30.7 Å². The highest BCUT2D eigenvalue weighted by Crippen LogP contribution is 2.26. The normalized spacial score (nSPS) is 22.1. The molecular weight excluding hydrogens is 254 g/mol. The molecule has 0 unspecified atom stereocenters. The molecular formula is C16H17NO3. The van der Waals surface area contributed by atoms with Crippen LogP contribution in [0.5, 0.6) is 0 Å². The minimum atomic E-state index is -0.365. The molecule has 4 heteroatoms. The van der Waals surface area contributed by atoms with E-state index in [0.717, 1.165) is 30.0 Å². The van der Waals surface area contributed by atoms with Crippen molar-refractivity contribution >= 4 is 16.7 Å². The molecule has 0 bridgehead atoms. The molecule has 2 aromatic rings. The molecule has 0 amide bonds. The number of fused-ring (bicyclic) bond motifs is 1. The van der Waals surface area contributed by atoms with Crippen LogP contribution < -0.4 is 0 Å². The first-order valence-corrected chi connectivity index (χ1v) is 6.87. The van der Waals surface area contributed by atoms with Crippen LogP contribution in [0, 0.1) is 0 Å². The fourth-order valence-corrected chi connectivity index (χ4v) is 2.77. The number of esters is 1. The van der Waals surface area contributed by atoms with Gasteiger partial charge in [0.05, 0.1) is 6.10 Å². The van der Waals surface area contributed by atoms with E-state index in [9.17, 15) is 4.79 Å². The first-order valence-electron chi connectivity index (χ1n) is 6.87. The van der Waals surface area contributed by atoms with Crippen LogP contribution in [0.15, 0.2) is 36.5 Å². The Balaban J connectivity index is 1.86. The van der Waals surface area contributed by atoms with Gasteiger partial charge in [-0.2, -0.15) is 0 Å². The molecule has 4 nitrogen and oxygen atoms in total. The Morgan fingerprint density at radius 1 is 1.20 bits per heavy atom. The van der Waals surface area contributed by atoms with Gasteiger partial charge in [-0.3, -0.25) is 0 Å². The molecule has 0 N–H and O–H groups in total. The maximum atomic E-state index is 12.3. The van der Waals surface area contributed by atoms with Crippen LogP contribution in [-0.4, -0.2) is 30.3 Å². The second kappa shape index (κ2) is 5.59. The predicted octanol–water partition coefficient (Wildman–Crippen LogP) is 2.96. The Morgan fingerprint density at radius 2 is 2.00 bits per heavy atom. The van der Waals surface area contributed by atoms with Crippen molar-refractivity contribution in [3.63, 3.8) is 0 Å². The van der Waals surface area contributed by atoms with Gasteiger partial charge in [0, 0.05) is 18.7 Å². The van der Waals surface area contributed by atoms with Crippen molar-refractivity contribution in [2.75, 3.05) is 7.11 Å². The first-order chi connectivity index (χ1) is 9.79. The summed E-state index contributed by atoms with van der Waals surface area (Å²) in [6, 6.07) is 9.58. The lowest BCUT2D eigenvalue weighted by atomic mass is 10.1. The first kappa shape index (κ1) is 13.1. The zero-order valence-corrected chi connectivity index (χ0v) is 11.4. The third-order valence-electron chi connectivity index (χ3n) is 3.82. The summed E-state index contributed by atoms with van der Waals surface area (Å²) in [7, 11) is 1.66. The minimum Gasteiger partial charge on any atom is -0.455 e. The summed E-state index contributed by atoms with van der Waals surface area (Å²) in [5, 5.41) is 1.82. The third-order valence-corrected chi connectivity index (χ3v) is 3.82. The van der Waals surface area contributed by atoms with Gasteiger partial charge in [-0.25, -0.2) is 9.78 Å². The molecule has 1 aliphatic rings. The van der Waals surface area contributed by atoms with E-state index in [-0.39, 0.29) is 18.2 Å². The summed E-state index contributed by atoms with van der Waals surface area (Å²) in [6.07, 6.45) is 4.31. The Hall–Kier alpha value is -1.94. The molecule has 104 valence electrons. The summed E-state index contributed by atoms with van der Waals surface area (Å²) < 4.78 is 10.9. The molecule has 20 heavy (non-hydrogen) atoms. The number of rotatable bonds is 3. The van der Waals surface area contributed by atoms with Crippen LogP contribution in [0.25, 0.3) is 10.8 Å². The van der Waals surface area contributed by atoms with E-state index in [1.54, 1.807) is 13.3 Å². The van der Waals surface area contributed by atoms with Crippen molar-refractivity contribution in [2.24, 2.45) is 0 Å². The van der Waals surface area contributed by atoms with Crippen molar-refractivity contribution in [1.29, 1.82) is 0 Å². The van der Waals surface area contributed by atoms with Gasteiger partial charge >= 0.3 is 5.97 Å². The Kier molecular flexibility index (Phi) is 3.65. The average Bonchev–Trinajstić information content (AvgIpc) is 2.93. The molecule has 0 spiro atoms. The molecule has 0 radical (unpaired) electrons. The van der Waals surface area contributed by atoms with Gasteiger partial charge in [0.1, 0.15) is 6.10 Å². The van der Waals surface area contributed by atoms with Gasteiger partial charge in [-0.1, -0.05) is 24.3 Å². The van der Waals surface area contributed by atoms with E-state index in [1.165, 1.54) is 0 Å². The Morgan fingerprint density at radius 3 is 2.85 bits per heavy atom. The molecule has 0 aliphatic heterocycles. The molecule has 1 aromatic heterocycles. The molecule has 1 aromatic carbocycles. The second-order valence-corrected chi connectivity index (χ2v) is 5.03. The fourth-order valence-electron chi connectivity index (χ4n) is 2.77. The van der Waals surface area contributed by atoms with Crippen molar-refractivity contribution in [3.8, 4) is 0 Å². The van der Waals surface area contributed by atoms with Gasteiger partial charge in [0.25, 0.3) is 0 Å². The lowest BCUT2D eigenvalue weighted by Crippen LogP contribution is -2.28. The highest BCUT2D eigenvalue weighted by molar-refractivity contribution is 6.02. The Labute approximate surface area is 117 Å². The topological polar surface area (TPSA) is 48.4 Å². The number of carbonyl (C=O) groups is 1. The number of benzene rings is 1. The molecule has 1 aliphatic carbocycles. The van der Waals surface area contributed by atoms with Crippen molar-refractivity contribution in [3.05, 3.63) is 42.2 Å². The number of nitrogens with zero attached hydrogens (tertiary/aromatic N) is 1. The van der Waals surface area contributed by atoms with Crippen molar-refractivity contribution in [2.45, 2.75) is 31.5 Å². The van der Waals surface area contributed by atoms with Crippen LogP contribution in [0.2, 0.25) is 0 Å². The van der Waals surface area contributed by atoms with Crippen molar-refractivity contribution in [1.82, 2.24) is 4.98 Å². The second-order valence-electron chi connectivity index (χ2n) is 5.03. The number of pyridine rings is 1. The van der Waals surface area contributed by atoms with Crippen LogP contribution in [0.3, 0.4) is 0 Å². The zero-order chi connectivity index (χ0) is 13.9. The number of ether oxygens (including phenoxy) is 2. The van der Waals surface area contributed by atoms with E-state index in [2.05, 4.69) is 4.98 Å². The highest BCUT2D eigenvalue weighted by atomic mass is 16.6. The average molecular weight is 271 g/mol. The molecule has 2 atom stereocenters. The zero-order valence-electron chi connectivity index (χ0n) is 11.4. The molecule has 3 rings (SSSR count). The number of aromatic nitrogens is 1. The quantitative estimate of drug-likeness (QED) is 0.805. The van der Waals surface area contributed by atoms with E-state index >= 15 is 0 Å². The fraction of sp³-hybridized carbons (Fsp3) is 0.375. The summed E-state index contributed by atoms with van der Waals surface area (Å²) in [5.41, 5.74) is 0.379. The number of methoxy groups -OCH3 is 1. The van der Waals surface area contributed by atoms with Crippen LogP contribution in [0.4, 0.5) is 0 Å². The predicted molar refractivity (Wildman–Crippen MR) is 75.6 cm³/mol. The maximum absolute atomic E-state index is 12.3. The summed E-state index contributed by atoms with van der Waals surface area (Å²) >= 11 is 0. The Bertz CT molecular complexity index is 621. The number of hydrogen-bond acceptors (Lipinski definition) is 4. The minimum absolute atomic E-state index is 0.00827. The smallest absolute Gasteiger partial charge is 0.357 e. The van der Waals surface area contributed by atoms with E-state index < -0.39 is 0 Å². The summed E-state index contributed by atoms with van der Waals surface area (Å²) in [4.78, 5) is 16.5. The van der Waals surface area contributed by atoms with Crippen LogP contribution in [0.1, 0.15) is 29.8 Å². The van der Waals surface area contributed by atoms with Gasteiger partial charge in [0.2, 0.25) is 0 Å². The lowest BCUT2D eigenvalue weighted by molar-refractivity contribution is -0.0209. The highest BCUT2D eigenvalue weighted by Gasteiger charge is 2.31. The van der Waals surface area contributed by atoms with E-state index in [4.69, 9.17) is 9.47 Å². The SMILES string of the molecule is CO[C@@H]1CCC[C@@H]1OC(=O)c1nccc2ccccc12. The molecule has 0 saturated heterocycles. The van der Waals surface area contributed by atoms with Gasteiger partial charge < -0.3 is 9.47 Å². The van der Waals surface area contributed by atoms with E-state index in [0.29, 0.717) is 5.69 Å². The van der Waals surface area contributed by atoms with Crippen LogP contribution >= 0.6 is 0 Å². The molecule has 1 heterocycles. The lowest BCUT2D eigenvalue weighted by Gasteiger charge is -2.18. The largest absolute Gasteiger partial charge is 0.455 e. The van der Waals surface area contributed by atoms with Crippen molar-refractivity contribution < 1.29 is 14.3 Å². The van der Waals surface area contributed by atoms with Gasteiger partial charge in [-0.15, -0.1) is 0 Å². The molecule has 1 fully saturated rings. The standard InChI is InChI=1S/C16H17NO3/c1-19-13-7-4-8-14(13)20-16(18)15-12-6-3-2-5-11(12)9-10-17-15/h2-3,5-6,9-10,13-14H,4,7-8H2,1H3/t13-,14+/m1/s1. The van der Waals surface area contributed by atoms with Crippen LogP contribution in [-0.2, 0) is 9.47 Å². The number of hydrogen-bond donors (Lipinski definition) is 0. The van der Waals surface area contributed by atoms with Gasteiger partial charge in [0.15, 0.2) is 5.69 Å². The molecule has 1 saturated carbocycles. The maximum Gasteiger partial charge on any atom is 0.357 e. The summed E-state index contributed by atoms with van der Waals surface area (Å²) in [6.45, 7) is 0. The van der Waals surface area contributed by atoms with E-state index in [1.807, 2.05) is 30.3 Å². The number of carbonyl (C=O) groups excluding carboxylic acids is 1.